The zero-order chi connectivity index (χ0) is 15.4. The van der Waals surface area contributed by atoms with Crippen LogP contribution in [0.4, 0.5) is 0 Å². The molecule has 0 amide bonds. The van der Waals surface area contributed by atoms with E-state index in [1.807, 2.05) is 35.0 Å². The monoisotopic (exact) mass is 308 g/mol. The summed E-state index contributed by atoms with van der Waals surface area (Å²) in [5.41, 5.74) is 2.89. The molecular formula is C18H13ClN2O. The molecule has 0 saturated heterocycles. The number of rotatable bonds is 2. The third kappa shape index (κ3) is 3.49. The van der Waals surface area contributed by atoms with Crippen molar-refractivity contribution in [3.05, 3.63) is 82.9 Å². The second kappa shape index (κ2) is 6.38. The van der Waals surface area contributed by atoms with Gasteiger partial charge < -0.3 is 9.67 Å². The predicted octanol–water partition coefficient (Wildman–Crippen LogP) is 3.69. The van der Waals surface area contributed by atoms with Gasteiger partial charge in [0.1, 0.15) is 5.75 Å². The standard InChI is InChI=1S/C18H13ClN2O/c19-17-11-15(7-8-18(17)22)4-1-14-2-5-16(6-3-14)12-21-10-9-20-13-21/h2-3,5-11,13,22H,12H2. The van der Waals surface area contributed by atoms with Gasteiger partial charge in [-0.05, 0) is 35.9 Å². The number of aromatic hydroxyl groups is 1. The lowest BCUT2D eigenvalue weighted by atomic mass is 10.1. The van der Waals surface area contributed by atoms with E-state index in [0.717, 1.165) is 17.7 Å². The van der Waals surface area contributed by atoms with Crippen molar-refractivity contribution in [1.82, 2.24) is 9.55 Å². The average Bonchev–Trinajstić information content (AvgIpc) is 3.03. The highest BCUT2D eigenvalue weighted by molar-refractivity contribution is 6.32. The number of aromatic nitrogens is 2. The van der Waals surface area contributed by atoms with E-state index in [2.05, 4.69) is 16.8 Å². The zero-order valence-electron chi connectivity index (χ0n) is 11.7. The number of phenolic OH excluding ortho intramolecular Hbond substituents is 1. The normalized spacial score (nSPS) is 10.0. The molecule has 3 nitrogen and oxygen atoms in total. The lowest BCUT2D eigenvalue weighted by molar-refractivity contribution is 0.475. The van der Waals surface area contributed by atoms with E-state index in [9.17, 15) is 5.11 Å². The van der Waals surface area contributed by atoms with E-state index in [-0.39, 0.29) is 5.75 Å². The van der Waals surface area contributed by atoms with Crippen LogP contribution < -0.4 is 0 Å². The van der Waals surface area contributed by atoms with E-state index >= 15 is 0 Å². The molecule has 22 heavy (non-hydrogen) atoms. The van der Waals surface area contributed by atoms with Crippen molar-refractivity contribution in [1.29, 1.82) is 0 Å². The molecule has 0 unspecified atom stereocenters. The summed E-state index contributed by atoms with van der Waals surface area (Å²) in [5, 5.41) is 9.69. The molecule has 0 saturated carbocycles. The molecule has 3 rings (SSSR count). The van der Waals surface area contributed by atoms with E-state index in [0.29, 0.717) is 5.02 Å². The quantitative estimate of drug-likeness (QED) is 0.733. The first-order valence-corrected chi connectivity index (χ1v) is 7.14. The Labute approximate surface area is 133 Å². The summed E-state index contributed by atoms with van der Waals surface area (Å²) in [6, 6.07) is 13.0. The van der Waals surface area contributed by atoms with Crippen LogP contribution in [-0.4, -0.2) is 14.7 Å². The molecule has 0 bridgehead atoms. The van der Waals surface area contributed by atoms with Gasteiger partial charge in [0.2, 0.25) is 0 Å². The molecule has 0 aliphatic rings. The molecule has 0 fully saturated rings. The molecule has 0 aliphatic carbocycles. The lowest BCUT2D eigenvalue weighted by Gasteiger charge is -2.02. The number of hydrogen-bond acceptors (Lipinski definition) is 2. The molecule has 1 N–H and O–H groups in total. The fourth-order valence-corrected chi connectivity index (χ4v) is 2.19. The van der Waals surface area contributed by atoms with Crippen LogP contribution in [0.15, 0.2) is 61.2 Å². The average molecular weight is 309 g/mol. The first-order chi connectivity index (χ1) is 10.7. The topological polar surface area (TPSA) is 38.0 Å². The Morgan fingerprint density at radius 1 is 1.05 bits per heavy atom. The largest absolute Gasteiger partial charge is 0.506 e. The Kier molecular flexibility index (Phi) is 4.13. The predicted molar refractivity (Wildman–Crippen MR) is 86.9 cm³/mol. The van der Waals surface area contributed by atoms with Crippen LogP contribution in [0.2, 0.25) is 5.02 Å². The maximum atomic E-state index is 9.38. The van der Waals surface area contributed by atoms with Crippen LogP contribution in [0.25, 0.3) is 0 Å². The third-order valence-electron chi connectivity index (χ3n) is 3.18. The molecule has 2 aromatic carbocycles. The Balaban J connectivity index is 1.73. The van der Waals surface area contributed by atoms with Gasteiger partial charge in [0, 0.05) is 30.1 Å². The summed E-state index contributed by atoms with van der Waals surface area (Å²) in [6.07, 6.45) is 5.49. The first kappa shape index (κ1) is 14.2. The van der Waals surface area contributed by atoms with Gasteiger partial charge in [0.05, 0.1) is 11.3 Å². The summed E-state index contributed by atoms with van der Waals surface area (Å²) in [5.74, 6) is 6.18. The highest BCUT2D eigenvalue weighted by Crippen LogP contribution is 2.23. The molecule has 0 spiro atoms. The minimum atomic E-state index is 0.0658. The van der Waals surface area contributed by atoms with Gasteiger partial charge in [-0.1, -0.05) is 35.6 Å². The lowest BCUT2D eigenvalue weighted by Crippen LogP contribution is -1.95. The van der Waals surface area contributed by atoms with Crippen molar-refractivity contribution in [3.8, 4) is 17.6 Å². The molecule has 3 aromatic rings. The van der Waals surface area contributed by atoms with Gasteiger partial charge in [-0.2, -0.15) is 0 Å². The molecular weight excluding hydrogens is 296 g/mol. The molecule has 108 valence electrons. The summed E-state index contributed by atoms with van der Waals surface area (Å²) in [7, 11) is 0. The van der Waals surface area contributed by atoms with Crippen molar-refractivity contribution < 1.29 is 5.11 Å². The second-order valence-corrected chi connectivity index (χ2v) is 5.26. The minimum absolute atomic E-state index is 0.0658. The van der Waals surface area contributed by atoms with Crippen LogP contribution >= 0.6 is 11.6 Å². The van der Waals surface area contributed by atoms with Crippen molar-refractivity contribution >= 4 is 11.6 Å². The van der Waals surface area contributed by atoms with Gasteiger partial charge >= 0.3 is 0 Å². The number of nitrogens with zero attached hydrogens (tertiary/aromatic N) is 2. The van der Waals surface area contributed by atoms with Crippen molar-refractivity contribution in [2.45, 2.75) is 6.54 Å². The van der Waals surface area contributed by atoms with Crippen molar-refractivity contribution in [3.63, 3.8) is 0 Å². The second-order valence-electron chi connectivity index (χ2n) is 4.85. The van der Waals surface area contributed by atoms with Crippen molar-refractivity contribution in [2.75, 3.05) is 0 Å². The SMILES string of the molecule is Oc1ccc(C#Cc2ccc(Cn3ccnc3)cc2)cc1Cl. The van der Waals surface area contributed by atoms with Crippen LogP contribution in [0.1, 0.15) is 16.7 Å². The van der Waals surface area contributed by atoms with Gasteiger partial charge in [-0.15, -0.1) is 0 Å². The Morgan fingerprint density at radius 3 is 2.45 bits per heavy atom. The van der Waals surface area contributed by atoms with E-state index in [1.54, 1.807) is 30.7 Å². The summed E-state index contributed by atoms with van der Waals surface area (Å²) < 4.78 is 2.01. The van der Waals surface area contributed by atoms with E-state index < -0.39 is 0 Å². The minimum Gasteiger partial charge on any atom is -0.506 e. The van der Waals surface area contributed by atoms with E-state index in [4.69, 9.17) is 11.6 Å². The number of imidazole rings is 1. The third-order valence-corrected chi connectivity index (χ3v) is 3.48. The van der Waals surface area contributed by atoms with Crippen LogP contribution in [0.5, 0.6) is 5.75 Å². The Hall–Kier alpha value is -2.70. The van der Waals surface area contributed by atoms with Gasteiger partial charge in [-0.25, -0.2) is 4.98 Å². The number of hydrogen-bond donors (Lipinski definition) is 1. The smallest absolute Gasteiger partial charge is 0.134 e. The van der Waals surface area contributed by atoms with Crippen LogP contribution in [0, 0.1) is 11.8 Å². The van der Waals surface area contributed by atoms with Crippen LogP contribution in [-0.2, 0) is 6.54 Å². The van der Waals surface area contributed by atoms with Crippen LogP contribution in [0.3, 0.4) is 0 Å². The van der Waals surface area contributed by atoms with Gasteiger partial charge in [-0.3, -0.25) is 0 Å². The Morgan fingerprint density at radius 2 is 1.77 bits per heavy atom. The number of halogens is 1. The molecule has 1 heterocycles. The molecule has 0 aliphatic heterocycles. The highest BCUT2D eigenvalue weighted by atomic mass is 35.5. The summed E-state index contributed by atoms with van der Waals surface area (Å²) >= 11 is 5.86. The first-order valence-electron chi connectivity index (χ1n) is 6.76. The zero-order valence-corrected chi connectivity index (χ0v) is 12.5. The highest BCUT2D eigenvalue weighted by Gasteiger charge is 1.98. The summed E-state index contributed by atoms with van der Waals surface area (Å²) in [4.78, 5) is 4.02. The molecule has 0 atom stereocenters. The fourth-order valence-electron chi connectivity index (χ4n) is 2.01. The maximum Gasteiger partial charge on any atom is 0.134 e. The van der Waals surface area contributed by atoms with Gasteiger partial charge in [0.25, 0.3) is 0 Å². The van der Waals surface area contributed by atoms with Crippen molar-refractivity contribution in [2.24, 2.45) is 0 Å². The number of phenols is 1. The molecule has 4 heteroatoms. The Bertz CT molecular complexity index is 828. The molecule has 1 aromatic heterocycles. The number of benzene rings is 2. The molecule has 0 radical (unpaired) electrons. The van der Waals surface area contributed by atoms with E-state index in [1.165, 1.54) is 5.56 Å². The van der Waals surface area contributed by atoms with Gasteiger partial charge in [0.15, 0.2) is 0 Å². The summed E-state index contributed by atoms with van der Waals surface area (Å²) in [6.45, 7) is 0.793. The fraction of sp³-hybridized carbons (Fsp3) is 0.0556. The maximum absolute atomic E-state index is 9.38.